The van der Waals surface area contributed by atoms with Crippen LogP contribution >= 0.6 is 0 Å². The van der Waals surface area contributed by atoms with E-state index in [9.17, 15) is 14.4 Å². The fourth-order valence-electron chi connectivity index (χ4n) is 3.24. The van der Waals surface area contributed by atoms with Gasteiger partial charge in [-0.05, 0) is 36.5 Å². The largest absolute Gasteiger partial charge is 0.497 e. The molecule has 0 spiro atoms. The van der Waals surface area contributed by atoms with E-state index in [1.165, 1.54) is 0 Å². The van der Waals surface area contributed by atoms with Crippen LogP contribution in [0.25, 0.3) is 0 Å². The Kier molecular flexibility index (Phi) is 6.28. The summed E-state index contributed by atoms with van der Waals surface area (Å²) in [4.78, 5) is 37.9. The molecule has 0 aliphatic carbocycles. The summed E-state index contributed by atoms with van der Waals surface area (Å²) < 4.78 is 10.4. The van der Waals surface area contributed by atoms with Gasteiger partial charge in [0.1, 0.15) is 11.8 Å². The number of amides is 4. The molecule has 2 aliphatic rings. The van der Waals surface area contributed by atoms with Gasteiger partial charge in [-0.3, -0.25) is 14.5 Å². The highest BCUT2D eigenvalue weighted by molar-refractivity contribution is 6.05. The van der Waals surface area contributed by atoms with Crippen LogP contribution in [0.5, 0.6) is 5.75 Å². The molecule has 27 heavy (non-hydrogen) atoms. The normalized spacial score (nSPS) is 20.5. The number of nitrogens with one attached hydrogen (secondary N) is 2. The minimum atomic E-state index is -0.814. The van der Waals surface area contributed by atoms with Crippen molar-refractivity contribution in [3.05, 3.63) is 29.8 Å². The maximum Gasteiger partial charge on any atom is 0.325 e. The Morgan fingerprint density at radius 2 is 1.96 bits per heavy atom. The van der Waals surface area contributed by atoms with Gasteiger partial charge in [0.05, 0.1) is 20.1 Å². The zero-order chi connectivity index (χ0) is 19.2. The molecule has 3 rings (SSSR count). The second-order valence-corrected chi connectivity index (χ2v) is 6.84. The Bertz CT molecular complexity index is 685. The van der Waals surface area contributed by atoms with Crippen LogP contribution in [0.4, 0.5) is 4.79 Å². The second kappa shape index (κ2) is 8.85. The average molecular weight is 375 g/mol. The zero-order valence-corrected chi connectivity index (χ0v) is 15.4. The molecule has 4 amide bonds. The average Bonchev–Trinajstić information content (AvgIpc) is 2.95. The third-order valence-corrected chi connectivity index (χ3v) is 4.93. The summed E-state index contributed by atoms with van der Waals surface area (Å²) in [6.45, 7) is 2.18. The number of ether oxygens (including phenoxy) is 2. The van der Waals surface area contributed by atoms with Crippen molar-refractivity contribution in [2.75, 3.05) is 26.9 Å². The fraction of sp³-hybridized carbons (Fsp3) is 0.526. The zero-order valence-electron chi connectivity index (χ0n) is 15.4. The Hall–Kier alpha value is -2.61. The molecule has 1 aromatic rings. The van der Waals surface area contributed by atoms with E-state index in [1.807, 2.05) is 0 Å². The topological polar surface area (TPSA) is 97.0 Å². The first kappa shape index (κ1) is 19.2. The van der Waals surface area contributed by atoms with Crippen LogP contribution in [-0.4, -0.2) is 55.7 Å². The molecule has 2 heterocycles. The lowest BCUT2D eigenvalue weighted by atomic mass is 10.0. The molecule has 0 aromatic heterocycles. The van der Waals surface area contributed by atoms with E-state index in [2.05, 4.69) is 10.6 Å². The highest BCUT2D eigenvalue weighted by atomic mass is 16.5. The SMILES string of the molecule is COc1ccc(CN2C(=O)N[C@@H](CC(=O)NCC3CCOCC3)C2=O)cc1. The van der Waals surface area contributed by atoms with Gasteiger partial charge < -0.3 is 20.1 Å². The van der Waals surface area contributed by atoms with Gasteiger partial charge in [0.25, 0.3) is 5.91 Å². The second-order valence-electron chi connectivity index (χ2n) is 6.84. The van der Waals surface area contributed by atoms with Crippen LogP contribution in [0.15, 0.2) is 24.3 Å². The third kappa shape index (κ3) is 4.97. The van der Waals surface area contributed by atoms with E-state index in [-0.39, 0.29) is 24.8 Å². The third-order valence-electron chi connectivity index (χ3n) is 4.93. The Morgan fingerprint density at radius 3 is 2.63 bits per heavy atom. The number of hydrogen-bond donors (Lipinski definition) is 2. The summed E-state index contributed by atoms with van der Waals surface area (Å²) in [5.74, 6) is 0.502. The summed E-state index contributed by atoms with van der Waals surface area (Å²) in [6, 6.07) is 5.86. The van der Waals surface area contributed by atoms with Crippen molar-refractivity contribution >= 4 is 17.8 Å². The smallest absolute Gasteiger partial charge is 0.325 e. The van der Waals surface area contributed by atoms with Crippen molar-refractivity contribution in [1.82, 2.24) is 15.5 Å². The Balaban J connectivity index is 1.49. The molecular formula is C19H25N3O5. The number of hydrogen-bond acceptors (Lipinski definition) is 5. The summed E-state index contributed by atoms with van der Waals surface area (Å²) in [5.41, 5.74) is 0.809. The van der Waals surface area contributed by atoms with E-state index in [1.54, 1.807) is 31.4 Å². The number of carbonyl (C=O) groups is 3. The van der Waals surface area contributed by atoms with Gasteiger partial charge in [-0.2, -0.15) is 0 Å². The van der Waals surface area contributed by atoms with Crippen LogP contribution < -0.4 is 15.4 Å². The van der Waals surface area contributed by atoms with Crippen LogP contribution in [0.2, 0.25) is 0 Å². The number of methoxy groups -OCH3 is 1. The number of urea groups is 1. The maximum atomic E-state index is 12.5. The predicted octanol–water partition coefficient (Wildman–Crippen LogP) is 1.05. The molecule has 146 valence electrons. The first-order chi connectivity index (χ1) is 13.1. The number of benzene rings is 1. The molecule has 0 saturated carbocycles. The molecule has 2 N–H and O–H groups in total. The lowest BCUT2D eigenvalue weighted by molar-refractivity contribution is -0.131. The van der Waals surface area contributed by atoms with Gasteiger partial charge in [-0.15, -0.1) is 0 Å². The molecule has 2 aliphatic heterocycles. The fourth-order valence-corrected chi connectivity index (χ4v) is 3.24. The summed E-state index contributed by atoms with van der Waals surface area (Å²) in [7, 11) is 1.57. The van der Waals surface area contributed by atoms with Gasteiger partial charge in [-0.25, -0.2) is 4.79 Å². The van der Waals surface area contributed by atoms with Crippen molar-refractivity contribution < 1.29 is 23.9 Å². The number of nitrogens with zero attached hydrogens (tertiary/aromatic N) is 1. The first-order valence-electron chi connectivity index (χ1n) is 9.16. The Morgan fingerprint density at radius 1 is 1.26 bits per heavy atom. The van der Waals surface area contributed by atoms with Crippen molar-refractivity contribution in [1.29, 1.82) is 0 Å². The highest BCUT2D eigenvalue weighted by Crippen LogP contribution is 2.17. The minimum absolute atomic E-state index is 0.0487. The lowest BCUT2D eigenvalue weighted by Crippen LogP contribution is -2.38. The van der Waals surface area contributed by atoms with Gasteiger partial charge >= 0.3 is 6.03 Å². The monoisotopic (exact) mass is 375 g/mol. The summed E-state index contributed by atoms with van der Waals surface area (Å²) >= 11 is 0. The van der Waals surface area contributed by atoms with Gasteiger partial charge in [0.2, 0.25) is 5.91 Å². The molecule has 0 unspecified atom stereocenters. The molecule has 0 radical (unpaired) electrons. The number of rotatable bonds is 7. The molecule has 2 fully saturated rings. The van der Waals surface area contributed by atoms with Crippen LogP contribution in [0, 0.1) is 5.92 Å². The van der Waals surface area contributed by atoms with Crippen molar-refractivity contribution in [3.63, 3.8) is 0 Å². The molecular weight excluding hydrogens is 350 g/mol. The standard InChI is InChI=1S/C19H25N3O5/c1-26-15-4-2-14(3-5-15)12-22-18(24)16(21-19(22)25)10-17(23)20-11-13-6-8-27-9-7-13/h2-5,13,16H,6-12H2,1H3,(H,20,23)(H,21,25)/t16-/m0/s1. The van der Waals surface area contributed by atoms with Gasteiger partial charge in [0.15, 0.2) is 0 Å². The molecule has 2 saturated heterocycles. The van der Waals surface area contributed by atoms with E-state index in [0.717, 1.165) is 36.5 Å². The predicted molar refractivity (Wildman–Crippen MR) is 97.0 cm³/mol. The van der Waals surface area contributed by atoms with Crippen molar-refractivity contribution in [2.45, 2.75) is 31.8 Å². The first-order valence-corrected chi connectivity index (χ1v) is 9.16. The van der Waals surface area contributed by atoms with E-state index >= 15 is 0 Å². The quantitative estimate of drug-likeness (QED) is 0.695. The maximum absolute atomic E-state index is 12.5. The number of carbonyl (C=O) groups excluding carboxylic acids is 3. The van der Waals surface area contributed by atoms with E-state index in [4.69, 9.17) is 9.47 Å². The lowest BCUT2D eigenvalue weighted by Gasteiger charge is -2.22. The van der Waals surface area contributed by atoms with Crippen molar-refractivity contribution in [2.24, 2.45) is 5.92 Å². The Labute approximate surface area is 158 Å². The highest BCUT2D eigenvalue weighted by Gasteiger charge is 2.39. The summed E-state index contributed by atoms with van der Waals surface area (Å²) in [6.07, 6.45) is 1.80. The van der Waals surface area contributed by atoms with Crippen LogP contribution in [0.1, 0.15) is 24.8 Å². The van der Waals surface area contributed by atoms with Crippen molar-refractivity contribution in [3.8, 4) is 5.75 Å². The van der Waals surface area contributed by atoms with E-state index < -0.39 is 12.1 Å². The molecule has 8 heteroatoms. The minimum Gasteiger partial charge on any atom is -0.497 e. The van der Waals surface area contributed by atoms with Gasteiger partial charge in [0, 0.05) is 19.8 Å². The van der Waals surface area contributed by atoms with Crippen LogP contribution in [-0.2, 0) is 20.9 Å². The molecule has 0 bridgehead atoms. The molecule has 1 atom stereocenters. The van der Waals surface area contributed by atoms with E-state index in [0.29, 0.717) is 18.2 Å². The van der Waals surface area contributed by atoms with Crippen LogP contribution in [0.3, 0.4) is 0 Å². The number of imide groups is 1. The molecule has 8 nitrogen and oxygen atoms in total. The molecule has 1 aromatic carbocycles. The van der Waals surface area contributed by atoms with Gasteiger partial charge in [-0.1, -0.05) is 12.1 Å². The summed E-state index contributed by atoms with van der Waals surface area (Å²) in [5, 5.41) is 5.46.